The fourth-order valence-electron chi connectivity index (χ4n) is 3.53. The van der Waals surface area contributed by atoms with E-state index in [1.54, 1.807) is 12.1 Å². The quantitative estimate of drug-likeness (QED) is 0.490. The minimum atomic E-state index is -4.05. The average molecular weight is 480 g/mol. The predicted octanol–water partition coefficient (Wildman–Crippen LogP) is 5.05. The minimum absolute atomic E-state index is 0.155. The minimum Gasteiger partial charge on any atom is -0.461 e. The molecule has 1 aromatic heterocycles. The van der Waals surface area contributed by atoms with Gasteiger partial charge in [0, 0.05) is 18.2 Å². The monoisotopic (exact) mass is 480 g/mol. The molecule has 0 aliphatic heterocycles. The van der Waals surface area contributed by atoms with E-state index < -0.39 is 30.2 Å². The maximum atomic E-state index is 14.9. The molecule has 0 bridgehead atoms. The van der Waals surface area contributed by atoms with Crippen molar-refractivity contribution in [2.24, 2.45) is 0 Å². The first-order chi connectivity index (χ1) is 16.6. The topological polar surface area (TPSA) is 121 Å². The van der Waals surface area contributed by atoms with Crippen molar-refractivity contribution in [3.8, 4) is 18.0 Å². The van der Waals surface area contributed by atoms with Gasteiger partial charge in [-0.2, -0.15) is 29.3 Å². The Morgan fingerprint density at radius 2 is 1.54 bits per heavy atom. The van der Waals surface area contributed by atoms with E-state index in [1.807, 2.05) is 12.1 Å². The number of nitrogens with zero attached hydrogens (tertiary/aromatic N) is 4. The van der Waals surface area contributed by atoms with Crippen LogP contribution in [0.25, 0.3) is 5.57 Å². The molecule has 0 saturated heterocycles. The van der Waals surface area contributed by atoms with E-state index in [1.165, 1.54) is 36.4 Å². The number of hydrogen-bond donors (Lipinski definition) is 2. The van der Waals surface area contributed by atoms with Gasteiger partial charge in [-0.1, -0.05) is 12.1 Å². The number of halogens is 4. The summed E-state index contributed by atoms with van der Waals surface area (Å²) >= 11 is 0. The van der Waals surface area contributed by atoms with Crippen molar-refractivity contribution in [3.05, 3.63) is 77.4 Å². The maximum Gasteiger partial charge on any atom is 0.309 e. The Morgan fingerprint density at radius 1 is 0.943 bits per heavy atom. The molecule has 1 unspecified atom stereocenters. The number of hydrogen-bond acceptors (Lipinski definition) is 7. The van der Waals surface area contributed by atoms with Gasteiger partial charge in [0.25, 0.3) is 5.92 Å². The Labute approximate surface area is 197 Å². The Kier molecular flexibility index (Phi) is 6.01. The zero-order valence-corrected chi connectivity index (χ0v) is 17.8. The molecule has 2 aromatic carbocycles. The van der Waals surface area contributed by atoms with Crippen molar-refractivity contribution in [3.63, 3.8) is 0 Å². The molecule has 0 fully saturated rings. The lowest BCUT2D eigenvalue weighted by atomic mass is 9.86. The number of alkyl halides is 4. The number of rotatable bonds is 5. The van der Waals surface area contributed by atoms with Gasteiger partial charge in [-0.3, -0.25) is 0 Å². The molecule has 3 aromatic rings. The molecule has 1 aliphatic carbocycles. The van der Waals surface area contributed by atoms with Crippen LogP contribution in [0.3, 0.4) is 0 Å². The molecule has 35 heavy (non-hydrogen) atoms. The van der Waals surface area contributed by atoms with Crippen molar-refractivity contribution in [1.82, 2.24) is 9.97 Å². The SMILES string of the molecule is N#Cc1ccc(Nc2nc(N)cc(OC3C(F)(F)C=C(c4ccc(C#N)cc4)CC3(F)F)n2)cc1. The number of benzene rings is 2. The molecule has 0 radical (unpaired) electrons. The third-order valence-electron chi connectivity index (χ3n) is 5.14. The molecular weight excluding hydrogens is 464 g/mol. The van der Waals surface area contributed by atoms with Gasteiger partial charge in [-0.25, -0.2) is 8.78 Å². The van der Waals surface area contributed by atoms with Crippen LogP contribution in [0.2, 0.25) is 0 Å². The normalized spacial score (nSPS) is 18.0. The molecule has 0 saturated carbocycles. The first kappa shape index (κ1) is 23.5. The standard InChI is InChI=1S/C24H16F4N6O/c25-23(26)10-17(16-5-1-14(12-29)2-6-16)11-24(27,28)21(23)35-20-9-19(31)33-22(34-20)32-18-7-3-15(13-30)4-8-18/h1-10,21H,11H2,(H3,31,32,33,34). The van der Waals surface area contributed by atoms with E-state index in [0.29, 0.717) is 17.3 Å². The Hall–Kier alpha value is -4.64. The number of nitrogen functional groups attached to an aromatic ring is 1. The number of aromatic nitrogens is 2. The number of allylic oxidation sites excluding steroid dienone is 1. The number of ether oxygens (including phenoxy) is 1. The lowest BCUT2D eigenvalue weighted by Gasteiger charge is -2.36. The number of nitrogens with one attached hydrogen (secondary N) is 1. The molecule has 4 rings (SSSR count). The van der Waals surface area contributed by atoms with Crippen LogP contribution < -0.4 is 15.8 Å². The lowest BCUT2D eigenvalue weighted by molar-refractivity contribution is -0.184. The van der Waals surface area contributed by atoms with Crippen molar-refractivity contribution in [2.75, 3.05) is 11.1 Å². The zero-order chi connectivity index (χ0) is 25.2. The van der Waals surface area contributed by atoms with Crippen LogP contribution in [0.1, 0.15) is 23.1 Å². The largest absolute Gasteiger partial charge is 0.461 e. The summed E-state index contributed by atoms with van der Waals surface area (Å²) in [6.45, 7) is 0. The second-order valence-corrected chi connectivity index (χ2v) is 7.74. The van der Waals surface area contributed by atoms with Crippen LogP contribution in [0, 0.1) is 22.7 Å². The third-order valence-corrected chi connectivity index (χ3v) is 5.14. The van der Waals surface area contributed by atoms with E-state index in [9.17, 15) is 17.6 Å². The summed E-state index contributed by atoms with van der Waals surface area (Å²) in [5.74, 6) is -8.93. The molecule has 7 nitrogen and oxygen atoms in total. The maximum absolute atomic E-state index is 14.9. The van der Waals surface area contributed by atoms with E-state index in [0.717, 1.165) is 6.07 Å². The van der Waals surface area contributed by atoms with E-state index in [-0.39, 0.29) is 28.5 Å². The van der Waals surface area contributed by atoms with Crippen LogP contribution in [-0.4, -0.2) is 27.9 Å². The fraction of sp³-hybridized carbons (Fsp3) is 0.167. The first-order valence-electron chi connectivity index (χ1n) is 10.2. The van der Waals surface area contributed by atoms with Crippen molar-refractivity contribution < 1.29 is 22.3 Å². The third kappa shape index (κ3) is 5.14. The van der Waals surface area contributed by atoms with Crippen LogP contribution >= 0.6 is 0 Å². The molecule has 3 N–H and O–H groups in total. The average Bonchev–Trinajstić information content (AvgIpc) is 2.81. The van der Waals surface area contributed by atoms with Crippen LogP contribution in [0.15, 0.2) is 60.7 Å². The van der Waals surface area contributed by atoms with Crippen LogP contribution in [0.5, 0.6) is 5.88 Å². The van der Waals surface area contributed by atoms with E-state index >= 15 is 0 Å². The summed E-state index contributed by atoms with van der Waals surface area (Å²) < 4.78 is 64.7. The van der Waals surface area contributed by atoms with Gasteiger partial charge in [0.2, 0.25) is 17.9 Å². The summed E-state index contributed by atoms with van der Waals surface area (Å²) in [5.41, 5.74) is 6.71. The second-order valence-electron chi connectivity index (χ2n) is 7.74. The van der Waals surface area contributed by atoms with Gasteiger partial charge in [0.05, 0.1) is 23.3 Å². The van der Waals surface area contributed by atoms with Crippen molar-refractivity contribution in [2.45, 2.75) is 24.4 Å². The summed E-state index contributed by atoms with van der Waals surface area (Å²) in [6, 6.07) is 16.3. The summed E-state index contributed by atoms with van der Waals surface area (Å²) in [4.78, 5) is 7.79. The Balaban J connectivity index is 1.59. The molecule has 1 atom stereocenters. The van der Waals surface area contributed by atoms with Crippen molar-refractivity contribution in [1.29, 1.82) is 10.5 Å². The predicted molar refractivity (Wildman–Crippen MR) is 119 cm³/mol. The fourth-order valence-corrected chi connectivity index (χ4v) is 3.53. The van der Waals surface area contributed by atoms with Gasteiger partial charge in [-0.15, -0.1) is 0 Å². The lowest BCUT2D eigenvalue weighted by Crippen LogP contribution is -2.53. The van der Waals surface area contributed by atoms with Crippen molar-refractivity contribution >= 4 is 23.0 Å². The highest BCUT2D eigenvalue weighted by Gasteiger charge is 2.59. The van der Waals surface area contributed by atoms with Crippen LogP contribution in [0.4, 0.5) is 35.0 Å². The van der Waals surface area contributed by atoms with Gasteiger partial charge in [0.1, 0.15) is 5.82 Å². The van der Waals surface area contributed by atoms with Crippen LogP contribution in [-0.2, 0) is 0 Å². The summed E-state index contributed by atoms with van der Waals surface area (Å²) in [6.07, 6.45) is -3.40. The summed E-state index contributed by atoms with van der Waals surface area (Å²) in [5, 5.41) is 20.5. The zero-order valence-electron chi connectivity index (χ0n) is 17.8. The number of nitriles is 2. The van der Waals surface area contributed by atoms with E-state index in [2.05, 4.69) is 15.3 Å². The first-order valence-corrected chi connectivity index (χ1v) is 10.2. The van der Waals surface area contributed by atoms with Gasteiger partial charge in [-0.05, 0) is 53.6 Å². The molecule has 1 heterocycles. The van der Waals surface area contributed by atoms with E-state index in [4.69, 9.17) is 21.0 Å². The molecule has 0 spiro atoms. The molecule has 11 heteroatoms. The van der Waals surface area contributed by atoms with Gasteiger partial charge >= 0.3 is 5.92 Å². The Bertz CT molecular complexity index is 1360. The Morgan fingerprint density at radius 3 is 2.11 bits per heavy atom. The number of anilines is 3. The second kappa shape index (κ2) is 8.95. The van der Waals surface area contributed by atoms with Gasteiger partial charge in [0.15, 0.2) is 0 Å². The highest BCUT2D eigenvalue weighted by molar-refractivity contribution is 5.69. The molecule has 1 aliphatic rings. The molecule has 0 amide bonds. The summed E-state index contributed by atoms with van der Waals surface area (Å²) in [7, 11) is 0. The molecule has 176 valence electrons. The highest BCUT2D eigenvalue weighted by atomic mass is 19.3. The molecular formula is C24H16F4N6O. The van der Waals surface area contributed by atoms with Gasteiger partial charge < -0.3 is 15.8 Å². The smallest absolute Gasteiger partial charge is 0.309 e. The number of nitrogens with two attached hydrogens (primary N) is 1. The highest BCUT2D eigenvalue weighted by Crippen LogP contribution is 2.46.